The lowest BCUT2D eigenvalue weighted by atomic mass is 9.98. The van der Waals surface area contributed by atoms with Crippen LogP contribution in [-0.2, 0) is 0 Å². The fourth-order valence-electron chi connectivity index (χ4n) is 3.10. The number of halogens is 3. The van der Waals surface area contributed by atoms with Crippen molar-refractivity contribution in [2.24, 2.45) is 5.10 Å². The number of benzene rings is 3. The molecule has 0 radical (unpaired) electrons. The molecule has 0 unspecified atom stereocenters. The van der Waals surface area contributed by atoms with Crippen molar-refractivity contribution in [2.75, 3.05) is 5.01 Å². The van der Waals surface area contributed by atoms with Crippen LogP contribution >= 0.6 is 39.1 Å². The first-order chi connectivity index (χ1) is 12.6. The second-order valence-electron chi connectivity index (χ2n) is 6.15. The smallest absolute Gasteiger partial charge is 0.0831 e. The Bertz CT molecular complexity index is 935. The predicted molar refractivity (Wildman–Crippen MR) is 113 cm³/mol. The van der Waals surface area contributed by atoms with Crippen molar-refractivity contribution in [2.45, 2.75) is 12.5 Å². The van der Waals surface area contributed by atoms with Crippen LogP contribution in [0, 0.1) is 0 Å². The Morgan fingerprint density at radius 1 is 0.808 bits per heavy atom. The van der Waals surface area contributed by atoms with Gasteiger partial charge in [0.25, 0.3) is 0 Å². The number of hydrogen-bond acceptors (Lipinski definition) is 2. The normalized spacial score (nSPS) is 16.7. The minimum Gasteiger partial charge on any atom is -0.257 e. The van der Waals surface area contributed by atoms with Crippen LogP contribution in [0.4, 0.5) is 5.69 Å². The Morgan fingerprint density at radius 3 is 2.00 bits per heavy atom. The summed E-state index contributed by atoms with van der Waals surface area (Å²) in [6, 6.07) is 24.2. The first kappa shape index (κ1) is 17.6. The first-order valence-electron chi connectivity index (χ1n) is 8.24. The SMILES string of the molecule is Clc1ccc(C2=NN(c3ccc(Cl)cc3)[C@H](c3ccc(Br)cc3)C2)cc1. The molecule has 0 aromatic heterocycles. The molecule has 1 aliphatic heterocycles. The molecule has 1 aliphatic rings. The third-order valence-electron chi connectivity index (χ3n) is 4.43. The summed E-state index contributed by atoms with van der Waals surface area (Å²) in [7, 11) is 0. The third kappa shape index (κ3) is 3.66. The molecule has 0 saturated carbocycles. The van der Waals surface area contributed by atoms with Crippen LogP contribution in [0.2, 0.25) is 10.0 Å². The van der Waals surface area contributed by atoms with Crippen molar-refractivity contribution in [3.8, 4) is 0 Å². The van der Waals surface area contributed by atoms with Crippen LogP contribution in [0.25, 0.3) is 0 Å². The molecule has 130 valence electrons. The van der Waals surface area contributed by atoms with Gasteiger partial charge in [0.15, 0.2) is 0 Å². The number of nitrogens with zero attached hydrogens (tertiary/aromatic N) is 2. The van der Waals surface area contributed by atoms with Gasteiger partial charge in [0.05, 0.1) is 17.4 Å². The second kappa shape index (κ2) is 7.43. The highest BCUT2D eigenvalue weighted by Gasteiger charge is 2.29. The fraction of sp³-hybridized carbons (Fsp3) is 0.0952. The topological polar surface area (TPSA) is 15.6 Å². The summed E-state index contributed by atoms with van der Waals surface area (Å²) in [4.78, 5) is 0. The average molecular weight is 446 g/mol. The molecule has 0 spiro atoms. The van der Waals surface area contributed by atoms with Gasteiger partial charge in [-0.3, -0.25) is 5.01 Å². The maximum atomic E-state index is 6.06. The van der Waals surface area contributed by atoms with Gasteiger partial charge in [0.1, 0.15) is 0 Å². The highest BCUT2D eigenvalue weighted by molar-refractivity contribution is 9.10. The van der Waals surface area contributed by atoms with Crippen LogP contribution in [-0.4, -0.2) is 5.71 Å². The summed E-state index contributed by atoms with van der Waals surface area (Å²) in [6.07, 6.45) is 0.825. The van der Waals surface area contributed by atoms with Crippen LogP contribution in [0.15, 0.2) is 82.4 Å². The van der Waals surface area contributed by atoms with Gasteiger partial charge in [0, 0.05) is 20.9 Å². The van der Waals surface area contributed by atoms with Crippen molar-refractivity contribution in [1.29, 1.82) is 0 Å². The molecule has 0 amide bonds. The van der Waals surface area contributed by atoms with E-state index in [0.717, 1.165) is 37.9 Å². The van der Waals surface area contributed by atoms with E-state index in [9.17, 15) is 0 Å². The lowest BCUT2D eigenvalue weighted by Gasteiger charge is -2.24. The van der Waals surface area contributed by atoms with E-state index in [1.807, 2.05) is 48.5 Å². The molecule has 0 bridgehead atoms. The maximum Gasteiger partial charge on any atom is 0.0831 e. The zero-order valence-electron chi connectivity index (χ0n) is 13.7. The van der Waals surface area contributed by atoms with Crippen molar-refractivity contribution < 1.29 is 0 Å². The highest BCUT2D eigenvalue weighted by Crippen LogP contribution is 2.37. The lowest BCUT2D eigenvalue weighted by Crippen LogP contribution is -2.18. The van der Waals surface area contributed by atoms with E-state index in [4.69, 9.17) is 28.3 Å². The number of anilines is 1. The van der Waals surface area contributed by atoms with E-state index in [-0.39, 0.29) is 6.04 Å². The molecule has 0 fully saturated rings. The van der Waals surface area contributed by atoms with E-state index >= 15 is 0 Å². The average Bonchev–Trinajstić information content (AvgIpc) is 3.09. The third-order valence-corrected chi connectivity index (χ3v) is 5.47. The molecule has 1 atom stereocenters. The molecule has 5 heteroatoms. The molecule has 3 aromatic rings. The van der Waals surface area contributed by atoms with E-state index < -0.39 is 0 Å². The van der Waals surface area contributed by atoms with Crippen LogP contribution < -0.4 is 5.01 Å². The molecule has 26 heavy (non-hydrogen) atoms. The van der Waals surface area contributed by atoms with Gasteiger partial charge < -0.3 is 0 Å². The molecule has 4 rings (SSSR count). The maximum absolute atomic E-state index is 6.06. The molecular formula is C21H15BrCl2N2. The standard InChI is InChI=1S/C21H15BrCl2N2/c22-16-5-1-15(2-6-16)21-13-20(14-3-7-17(23)8-4-14)25-26(21)19-11-9-18(24)10-12-19/h1-12,21H,13H2/t21-/m0/s1. The van der Waals surface area contributed by atoms with E-state index in [2.05, 4.69) is 45.2 Å². The summed E-state index contributed by atoms with van der Waals surface area (Å²) in [5.41, 5.74) is 4.37. The van der Waals surface area contributed by atoms with E-state index in [1.165, 1.54) is 5.56 Å². The molecule has 0 saturated heterocycles. The van der Waals surface area contributed by atoms with E-state index in [1.54, 1.807) is 0 Å². The summed E-state index contributed by atoms with van der Waals surface area (Å²) < 4.78 is 1.07. The van der Waals surface area contributed by atoms with Crippen molar-refractivity contribution in [3.05, 3.63) is 98.4 Å². The molecule has 0 N–H and O–H groups in total. The first-order valence-corrected chi connectivity index (χ1v) is 9.79. The molecule has 1 heterocycles. The van der Waals surface area contributed by atoms with Crippen molar-refractivity contribution in [1.82, 2.24) is 0 Å². The zero-order valence-corrected chi connectivity index (χ0v) is 16.8. The quantitative estimate of drug-likeness (QED) is 0.419. The minimum atomic E-state index is 0.134. The summed E-state index contributed by atoms with van der Waals surface area (Å²) in [5.74, 6) is 0. The predicted octanol–water partition coefficient (Wildman–Crippen LogP) is 7.11. The fourth-order valence-corrected chi connectivity index (χ4v) is 3.62. The van der Waals surface area contributed by atoms with Gasteiger partial charge in [-0.25, -0.2) is 0 Å². The van der Waals surface area contributed by atoms with Crippen LogP contribution in [0.1, 0.15) is 23.6 Å². The van der Waals surface area contributed by atoms with Gasteiger partial charge in [-0.2, -0.15) is 5.10 Å². The monoisotopic (exact) mass is 444 g/mol. The van der Waals surface area contributed by atoms with Crippen molar-refractivity contribution in [3.63, 3.8) is 0 Å². The summed E-state index contributed by atoms with van der Waals surface area (Å²) in [6.45, 7) is 0. The Kier molecular flexibility index (Phi) is 5.03. The van der Waals surface area contributed by atoms with E-state index in [0.29, 0.717) is 0 Å². The Morgan fingerprint density at radius 2 is 1.38 bits per heavy atom. The summed E-state index contributed by atoms with van der Waals surface area (Å²) >= 11 is 15.6. The summed E-state index contributed by atoms with van der Waals surface area (Å²) in [5, 5.41) is 8.44. The largest absolute Gasteiger partial charge is 0.257 e. The van der Waals surface area contributed by atoms with Gasteiger partial charge in [-0.05, 0) is 59.7 Å². The Labute approximate surface area is 171 Å². The lowest BCUT2D eigenvalue weighted by molar-refractivity contribution is 0.709. The minimum absolute atomic E-state index is 0.134. The Balaban J connectivity index is 1.74. The van der Waals surface area contributed by atoms with Gasteiger partial charge in [-0.15, -0.1) is 0 Å². The highest BCUT2D eigenvalue weighted by atomic mass is 79.9. The van der Waals surface area contributed by atoms with Gasteiger partial charge >= 0.3 is 0 Å². The van der Waals surface area contributed by atoms with Gasteiger partial charge in [-0.1, -0.05) is 63.4 Å². The van der Waals surface area contributed by atoms with Gasteiger partial charge in [0.2, 0.25) is 0 Å². The van der Waals surface area contributed by atoms with Crippen LogP contribution in [0.5, 0.6) is 0 Å². The number of hydrogen-bond donors (Lipinski definition) is 0. The molecule has 0 aliphatic carbocycles. The number of rotatable bonds is 3. The Hall–Kier alpha value is -1.81. The zero-order chi connectivity index (χ0) is 18.1. The molecule has 3 aromatic carbocycles. The van der Waals surface area contributed by atoms with Crippen molar-refractivity contribution >= 4 is 50.5 Å². The molecular weight excluding hydrogens is 431 g/mol. The second-order valence-corrected chi connectivity index (χ2v) is 7.93. The number of hydrazone groups is 1. The molecule has 2 nitrogen and oxygen atoms in total. The van der Waals surface area contributed by atoms with Crippen LogP contribution in [0.3, 0.4) is 0 Å².